The van der Waals surface area contributed by atoms with E-state index in [1.807, 2.05) is 0 Å². The molecule has 4 rings (SSSR count). The summed E-state index contributed by atoms with van der Waals surface area (Å²) in [6.07, 6.45) is -0.905. The average molecular weight is 558 g/mol. The van der Waals surface area contributed by atoms with Gasteiger partial charge in [0.2, 0.25) is 5.91 Å². The standard InChI is InChI=1S/C29H30F3N3O5/c1-17-14-22(10-11-23(17)40-28(2,3)27(37)38)39-13-12-33-24(36)15-20-16-34-26(35-25(20)18-4-5-18)19-6-8-21(9-7-19)29(30,31)32/h6-11,14,16,18H,4-5,12-13,15H2,1-3H3,(H,33,36)(H,37,38). The lowest BCUT2D eigenvalue weighted by Gasteiger charge is -2.23. The summed E-state index contributed by atoms with van der Waals surface area (Å²) in [5.41, 5.74) is 0.514. The van der Waals surface area contributed by atoms with Gasteiger partial charge < -0.3 is 19.9 Å². The second-order valence-corrected chi connectivity index (χ2v) is 10.2. The van der Waals surface area contributed by atoms with Crippen molar-refractivity contribution in [2.45, 2.75) is 57.7 Å². The number of aryl methyl sites for hydroxylation is 1. The molecule has 0 spiro atoms. The van der Waals surface area contributed by atoms with E-state index >= 15 is 0 Å². The second-order valence-electron chi connectivity index (χ2n) is 10.2. The normalized spacial score (nSPS) is 13.6. The molecule has 1 aromatic heterocycles. The Balaban J connectivity index is 1.31. The first kappa shape index (κ1) is 28.8. The highest BCUT2D eigenvalue weighted by molar-refractivity contribution is 5.79. The lowest BCUT2D eigenvalue weighted by molar-refractivity contribution is -0.152. The van der Waals surface area contributed by atoms with Gasteiger partial charge in [0, 0.05) is 23.2 Å². The molecule has 1 aliphatic carbocycles. The zero-order valence-corrected chi connectivity index (χ0v) is 22.3. The summed E-state index contributed by atoms with van der Waals surface area (Å²) in [6.45, 7) is 5.19. The molecule has 3 aromatic rings. The molecule has 0 atom stereocenters. The molecule has 1 heterocycles. The van der Waals surface area contributed by atoms with Crippen LogP contribution in [0.2, 0.25) is 0 Å². The number of hydrogen-bond acceptors (Lipinski definition) is 6. The highest BCUT2D eigenvalue weighted by Gasteiger charge is 2.32. The third kappa shape index (κ3) is 7.28. The van der Waals surface area contributed by atoms with Gasteiger partial charge in [0.25, 0.3) is 0 Å². The Morgan fingerprint density at radius 1 is 1.10 bits per heavy atom. The maximum absolute atomic E-state index is 12.9. The topological polar surface area (TPSA) is 111 Å². The van der Waals surface area contributed by atoms with Crippen molar-refractivity contribution in [1.29, 1.82) is 0 Å². The molecule has 0 unspecified atom stereocenters. The Bertz CT molecular complexity index is 1390. The largest absolute Gasteiger partial charge is 0.492 e. The first-order valence-electron chi connectivity index (χ1n) is 12.8. The number of hydrogen-bond donors (Lipinski definition) is 2. The Morgan fingerprint density at radius 3 is 2.40 bits per heavy atom. The SMILES string of the molecule is Cc1cc(OCCNC(=O)Cc2cnc(-c3ccc(C(F)(F)F)cc3)nc2C2CC2)ccc1OC(C)(C)C(=O)O. The van der Waals surface area contributed by atoms with Crippen LogP contribution in [-0.2, 0) is 22.2 Å². The molecule has 0 saturated heterocycles. The van der Waals surface area contributed by atoms with Crippen LogP contribution in [-0.4, -0.2) is 45.7 Å². The van der Waals surface area contributed by atoms with E-state index in [0.717, 1.165) is 30.7 Å². The number of rotatable bonds is 11. The summed E-state index contributed by atoms with van der Waals surface area (Å²) in [5, 5.41) is 12.1. The van der Waals surface area contributed by atoms with Crippen LogP contribution >= 0.6 is 0 Å². The van der Waals surface area contributed by atoms with Gasteiger partial charge in [-0.1, -0.05) is 12.1 Å². The minimum Gasteiger partial charge on any atom is -0.492 e. The third-order valence-corrected chi connectivity index (χ3v) is 6.40. The van der Waals surface area contributed by atoms with Crippen LogP contribution in [0.3, 0.4) is 0 Å². The number of carboxylic acids is 1. The van der Waals surface area contributed by atoms with E-state index < -0.39 is 23.3 Å². The van der Waals surface area contributed by atoms with Gasteiger partial charge in [-0.3, -0.25) is 4.79 Å². The van der Waals surface area contributed by atoms with E-state index in [0.29, 0.717) is 34.0 Å². The Labute approximate surface area is 229 Å². The monoisotopic (exact) mass is 557 g/mol. The first-order chi connectivity index (χ1) is 18.8. The summed E-state index contributed by atoms with van der Waals surface area (Å²) in [5.74, 6) is 0.215. The van der Waals surface area contributed by atoms with Gasteiger partial charge in [-0.05, 0) is 69.5 Å². The molecular weight excluding hydrogens is 527 g/mol. The molecule has 0 radical (unpaired) electrons. The van der Waals surface area contributed by atoms with Gasteiger partial charge in [0.05, 0.1) is 24.2 Å². The van der Waals surface area contributed by atoms with Gasteiger partial charge in [-0.2, -0.15) is 13.2 Å². The number of nitrogens with one attached hydrogen (secondary N) is 1. The third-order valence-electron chi connectivity index (χ3n) is 6.40. The number of benzene rings is 2. The van der Waals surface area contributed by atoms with Crippen molar-refractivity contribution in [3.05, 3.63) is 71.0 Å². The van der Waals surface area contributed by atoms with Crippen molar-refractivity contribution in [3.63, 3.8) is 0 Å². The predicted octanol–water partition coefficient (Wildman–Crippen LogP) is 5.33. The fourth-order valence-corrected chi connectivity index (χ4v) is 3.95. The molecule has 11 heteroatoms. The van der Waals surface area contributed by atoms with Crippen LogP contribution in [0.25, 0.3) is 11.4 Å². The lowest BCUT2D eigenvalue weighted by atomic mass is 10.1. The van der Waals surface area contributed by atoms with E-state index in [2.05, 4.69) is 15.3 Å². The number of halogens is 3. The summed E-state index contributed by atoms with van der Waals surface area (Å²) in [7, 11) is 0. The molecule has 0 bridgehead atoms. The molecule has 0 aliphatic heterocycles. The number of ether oxygens (including phenoxy) is 2. The van der Waals surface area contributed by atoms with Crippen LogP contribution < -0.4 is 14.8 Å². The van der Waals surface area contributed by atoms with E-state index in [1.54, 1.807) is 31.3 Å². The predicted molar refractivity (Wildman–Crippen MR) is 140 cm³/mol. The van der Waals surface area contributed by atoms with Gasteiger partial charge >= 0.3 is 12.1 Å². The summed E-state index contributed by atoms with van der Waals surface area (Å²) < 4.78 is 49.9. The van der Waals surface area contributed by atoms with Crippen molar-refractivity contribution in [1.82, 2.24) is 15.3 Å². The molecular formula is C29H30F3N3O5. The molecule has 1 amide bonds. The van der Waals surface area contributed by atoms with Crippen LogP contribution in [0.5, 0.6) is 11.5 Å². The van der Waals surface area contributed by atoms with Crippen molar-refractivity contribution in [2.24, 2.45) is 0 Å². The Morgan fingerprint density at radius 2 is 1.80 bits per heavy atom. The highest BCUT2D eigenvalue weighted by Crippen LogP contribution is 2.41. The number of carboxylic acid groups (broad SMARTS) is 1. The zero-order valence-electron chi connectivity index (χ0n) is 22.3. The highest BCUT2D eigenvalue weighted by atomic mass is 19.4. The minimum absolute atomic E-state index is 0.0730. The van der Waals surface area contributed by atoms with E-state index in [9.17, 15) is 27.9 Å². The Kier molecular flexibility index (Phi) is 8.32. The number of amides is 1. The molecule has 2 N–H and O–H groups in total. The van der Waals surface area contributed by atoms with Crippen molar-refractivity contribution < 1.29 is 37.3 Å². The van der Waals surface area contributed by atoms with Crippen LogP contribution in [0.4, 0.5) is 13.2 Å². The number of carbonyl (C=O) groups excluding carboxylic acids is 1. The number of carbonyl (C=O) groups is 2. The van der Waals surface area contributed by atoms with E-state index in [-0.39, 0.29) is 31.4 Å². The smallest absolute Gasteiger partial charge is 0.416 e. The van der Waals surface area contributed by atoms with Gasteiger partial charge in [0.1, 0.15) is 18.1 Å². The average Bonchev–Trinajstić information content (AvgIpc) is 3.73. The summed E-state index contributed by atoms with van der Waals surface area (Å²) in [4.78, 5) is 32.8. The minimum atomic E-state index is -4.42. The molecule has 40 heavy (non-hydrogen) atoms. The fraction of sp³-hybridized carbons (Fsp3) is 0.379. The van der Waals surface area contributed by atoms with E-state index in [1.165, 1.54) is 26.0 Å². The van der Waals surface area contributed by atoms with Gasteiger partial charge in [0.15, 0.2) is 11.4 Å². The summed E-state index contributed by atoms with van der Waals surface area (Å²) >= 11 is 0. The summed E-state index contributed by atoms with van der Waals surface area (Å²) in [6, 6.07) is 9.74. The molecule has 212 valence electrons. The Hall–Kier alpha value is -4.15. The maximum atomic E-state index is 12.9. The lowest BCUT2D eigenvalue weighted by Crippen LogP contribution is -2.38. The number of aromatic nitrogens is 2. The zero-order chi connectivity index (χ0) is 29.1. The van der Waals surface area contributed by atoms with Crippen LogP contribution in [0.15, 0.2) is 48.7 Å². The van der Waals surface area contributed by atoms with Crippen LogP contribution in [0, 0.1) is 6.92 Å². The number of nitrogens with zero attached hydrogens (tertiary/aromatic N) is 2. The number of aliphatic carboxylic acids is 1. The van der Waals surface area contributed by atoms with Crippen LogP contribution in [0.1, 0.15) is 55.0 Å². The van der Waals surface area contributed by atoms with Crippen molar-refractivity contribution in [2.75, 3.05) is 13.2 Å². The van der Waals surface area contributed by atoms with Crippen molar-refractivity contribution >= 4 is 11.9 Å². The molecule has 1 fully saturated rings. The van der Waals surface area contributed by atoms with Crippen molar-refractivity contribution in [3.8, 4) is 22.9 Å². The second kappa shape index (κ2) is 11.5. The number of alkyl halides is 3. The quantitative estimate of drug-likeness (QED) is 0.307. The molecule has 8 nitrogen and oxygen atoms in total. The molecule has 1 aliphatic rings. The van der Waals surface area contributed by atoms with E-state index in [4.69, 9.17) is 9.47 Å². The maximum Gasteiger partial charge on any atom is 0.416 e. The van der Waals surface area contributed by atoms with Gasteiger partial charge in [-0.15, -0.1) is 0 Å². The molecule has 1 saturated carbocycles. The molecule has 2 aromatic carbocycles. The first-order valence-corrected chi connectivity index (χ1v) is 12.8. The fourth-order valence-electron chi connectivity index (χ4n) is 3.95. The van der Waals surface area contributed by atoms with Gasteiger partial charge in [-0.25, -0.2) is 14.8 Å².